The molecule has 2 amide bonds. The lowest BCUT2D eigenvalue weighted by Crippen LogP contribution is -2.67. The van der Waals surface area contributed by atoms with Gasteiger partial charge in [-0.2, -0.15) is 5.26 Å². The lowest BCUT2D eigenvalue weighted by molar-refractivity contribution is -0.140. The van der Waals surface area contributed by atoms with Gasteiger partial charge in [0.25, 0.3) is 0 Å². The van der Waals surface area contributed by atoms with E-state index in [4.69, 9.17) is 23.1 Å². The van der Waals surface area contributed by atoms with Gasteiger partial charge in [-0.3, -0.25) is 19.5 Å². The van der Waals surface area contributed by atoms with Crippen molar-refractivity contribution in [2.75, 3.05) is 45.8 Å². The Morgan fingerprint density at radius 3 is 1.84 bits per heavy atom. The van der Waals surface area contributed by atoms with Crippen molar-refractivity contribution in [3.8, 4) is 22.9 Å². The van der Waals surface area contributed by atoms with Crippen LogP contribution >= 0.6 is 0 Å². The van der Waals surface area contributed by atoms with E-state index in [1.807, 2.05) is 51.1 Å². The van der Waals surface area contributed by atoms with E-state index in [1.54, 1.807) is 12.0 Å². The number of hydrogen-bond acceptors (Lipinski definition) is 10. The molecule has 3 aromatic rings. The van der Waals surface area contributed by atoms with Crippen molar-refractivity contribution >= 4 is 34.3 Å². The molecule has 3 aromatic carbocycles. The largest absolute Gasteiger partial charge is 0.494 e. The monoisotopic (exact) mass is 1080 g/mol. The predicted molar refractivity (Wildman–Crippen MR) is 310 cm³/mol. The zero-order valence-electron chi connectivity index (χ0n) is 49.2. The van der Waals surface area contributed by atoms with Gasteiger partial charge in [-0.05, 0) is 127 Å². The van der Waals surface area contributed by atoms with Crippen LogP contribution in [-0.2, 0) is 29.5 Å². The minimum Gasteiger partial charge on any atom is -0.494 e. The van der Waals surface area contributed by atoms with E-state index in [2.05, 4.69) is 142 Å². The SMILES string of the molecule is COc1c(NC(=O)[C@@H]2[C@H](OC(C)(C)C)CCCN2C(=O)OCC2c3ccccc3-c3ccccc32)ccc2c1[C@H](CO[Si](C(C)C)(C(C)C)C(C)C)N1[C@H](C#N)[C@@H]3C[C@@H](CO[Si](C(C)C)(C(C)C)C(C)C)[C@H]([C@@H]1C2)N3C. The summed E-state index contributed by atoms with van der Waals surface area (Å²) in [5.41, 5.74) is 9.02. The lowest BCUT2D eigenvalue weighted by Gasteiger charge is -2.55. The third-order valence-corrected chi connectivity index (χ3v) is 31.0. The molecule has 416 valence electrons. The highest BCUT2D eigenvalue weighted by Crippen LogP contribution is 2.54. The number of piperazine rings is 1. The Labute approximate surface area is 459 Å². The molecule has 0 unspecified atom stereocenters. The average Bonchev–Trinajstić information content (AvgIpc) is 3.82. The molecule has 0 saturated carbocycles. The minimum absolute atomic E-state index is 0.00300. The van der Waals surface area contributed by atoms with E-state index in [-0.39, 0.29) is 48.5 Å². The second-order valence-electron chi connectivity index (χ2n) is 25.8. The van der Waals surface area contributed by atoms with Crippen LogP contribution in [0.5, 0.6) is 5.75 Å². The van der Waals surface area contributed by atoms with Crippen LogP contribution in [0.3, 0.4) is 0 Å². The number of nitriles is 1. The number of rotatable bonds is 18. The van der Waals surface area contributed by atoms with Gasteiger partial charge in [0.15, 0.2) is 16.6 Å². The second-order valence-corrected chi connectivity index (χ2v) is 36.8. The highest BCUT2D eigenvalue weighted by atomic mass is 28.4. The molecular weight excluding hydrogens is 983 g/mol. The number of nitrogens with one attached hydrogen (secondary N) is 1. The predicted octanol–water partition coefficient (Wildman–Crippen LogP) is 13.5. The number of carbonyl (C=O) groups excluding carboxylic acids is 2. The number of methoxy groups -OCH3 is 1. The number of nitrogens with zero attached hydrogens (tertiary/aromatic N) is 4. The van der Waals surface area contributed by atoms with Gasteiger partial charge in [0, 0.05) is 42.8 Å². The zero-order valence-corrected chi connectivity index (χ0v) is 51.2. The summed E-state index contributed by atoms with van der Waals surface area (Å²) in [6.07, 6.45) is 1.71. The second kappa shape index (κ2) is 22.9. The van der Waals surface area contributed by atoms with Gasteiger partial charge in [0.1, 0.15) is 24.4 Å². The number of hydrogen-bond donors (Lipinski definition) is 1. The van der Waals surface area contributed by atoms with Crippen molar-refractivity contribution in [2.45, 2.75) is 217 Å². The summed E-state index contributed by atoms with van der Waals surface area (Å²) in [4.78, 5) is 36.5. The Hall–Kier alpha value is -4.08. The number of piperidine rings is 1. The van der Waals surface area contributed by atoms with Gasteiger partial charge in [-0.1, -0.05) is 138 Å². The number of likely N-dealkylation sites (tertiary alicyclic amines) is 1. The normalized spacial score (nSPS) is 25.1. The van der Waals surface area contributed by atoms with Crippen molar-refractivity contribution < 1.29 is 32.7 Å². The van der Waals surface area contributed by atoms with Crippen LogP contribution < -0.4 is 10.1 Å². The summed E-state index contributed by atoms with van der Waals surface area (Å²) in [6.45, 7) is 35.6. The first-order chi connectivity index (χ1) is 35.9. The highest BCUT2D eigenvalue weighted by molar-refractivity contribution is 6.78. The van der Waals surface area contributed by atoms with Crippen LogP contribution in [0.4, 0.5) is 10.5 Å². The number of benzene rings is 3. The molecule has 4 heterocycles. The van der Waals surface area contributed by atoms with E-state index in [9.17, 15) is 10.1 Å². The number of anilines is 1. The van der Waals surface area contributed by atoms with Crippen LogP contribution in [-0.4, -0.2) is 126 Å². The molecule has 4 aliphatic heterocycles. The molecule has 5 aliphatic rings. The van der Waals surface area contributed by atoms with Gasteiger partial charge in [0.05, 0.1) is 43.2 Å². The molecule has 0 radical (unpaired) electrons. The first-order valence-electron chi connectivity index (χ1n) is 28.9. The molecule has 1 aliphatic carbocycles. The fourth-order valence-corrected chi connectivity index (χ4v) is 27.1. The first-order valence-corrected chi connectivity index (χ1v) is 33.2. The molecule has 8 rings (SSSR count). The Morgan fingerprint density at radius 2 is 1.32 bits per heavy atom. The first kappa shape index (κ1) is 58.1. The lowest BCUT2D eigenvalue weighted by atomic mass is 9.80. The number of fused-ring (bicyclic) bond motifs is 8. The molecule has 76 heavy (non-hydrogen) atoms. The Morgan fingerprint density at radius 1 is 0.763 bits per heavy atom. The summed E-state index contributed by atoms with van der Waals surface area (Å²) >= 11 is 0. The standard InChI is InChI=1S/C62H93N5O7Si2/c1-37(2)75(38(3)4,39(5)6)72-34-44-32-51-53(33-63)67-52(57(44)65(51)16)31-43-28-29-50(59(70-17)56(43)54(67)36-73-76(40(7)8,41(9)10)42(11)12)64-60(68)58-55(74-62(13,14)15)27-22-30-66(58)61(69)71-35-49-47-25-20-18-23-45(47)46-24-19-21-26-48(46)49/h18-21,23-26,28-29,37-42,44,49,51-55,57-58H,22,27,30-32,34-36H2,1-17H3,(H,64,68)/t44-,51-,52-,53+,54-,55+,57+,58-/m0/s1. The summed E-state index contributed by atoms with van der Waals surface area (Å²) < 4.78 is 34.5. The summed E-state index contributed by atoms with van der Waals surface area (Å²) in [6, 6.07) is 22.0. The maximum Gasteiger partial charge on any atom is 0.410 e. The van der Waals surface area contributed by atoms with E-state index < -0.39 is 46.5 Å². The minimum atomic E-state index is -2.43. The average molecular weight is 1080 g/mol. The van der Waals surface area contributed by atoms with Crippen molar-refractivity contribution in [1.82, 2.24) is 14.7 Å². The molecule has 2 bridgehead atoms. The quantitative estimate of drug-likeness (QED) is 0.123. The zero-order chi connectivity index (χ0) is 55.3. The Balaban J connectivity index is 1.16. The molecule has 0 spiro atoms. The smallest absolute Gasteiger partial charge is 0.410 e. The molecule has 3 fully saturated rings. The fourth-order valence-electron chi connectivity index (χ4n) is 16.1. The van der Waals surface area contributed by atoms with Gasteiger partial charge < -0.3 is 28.4 Å². The van der Waals surface area contributed by atoms with Gasteiger partial charge in [-0.25, -0.2) is 4.79 Å². The van der Waals surface area contributed by atoms with Crippen molar-refractivity contribution in [3.05, 3.63) is 82.9 Å². The molecule has 12 nitrogen and oxygen atoms in total. The number of amides is 2. The molecule has 8 atom stereocenters. The van der Waals surface area contributed by atoms with E-state index >= 15 is 4.79 Å². The molecule has 14 heteroatoms. The number of likely N-dealkylation sites (N-methyl/N-ethyl adjacent to an activating group) is 1. The van der Waals surface area contributed by atoms with Crippen LogP contribution in [0.2, 0.25) is 33.2 Å². The third-order valence-electron chi connectivity index (χ3n) is 18.9. The maximum atomic E-state index is 15.3. The third kappa shape index (κ3) is 10.4. The summed E-state index contributed by atoms with van der Waals surface area (Å²) in [7, 11) is -0.691. The van der Waals surface area contributed by atoms with Crippen molar-refractivity contribution in [1.29, 1.82) is 5.26 Å². The molecule has 0 aromatic heterocycles. The fraction of sp³-hybridized carbons (Fsp3) is 0.661. The topological polar surface area (TPSA) is 126 Å². The van der Waals surface area contributed by atoms with E-state index in [0.717, 1.165) is 39.8 Å². The Bertz CT molecular complexity index is 2500. The number of ether oxygens (including phenoxy) is 3. The summed E-state index contributed by atoms with van der Waals surface area (Å²) in [5, 5.41) is 14.8. The maximum absolute atomic E-state index is 15.3. The van der Waals surface area contributed by atoms with Crippen LogP contribution in [0, 0.1) is 17.2 Å². The van der Waals surface area contributed by atoms with Gasteiger partial charge >= 0.3 is 6.09 Å². The van der Waals surface area contributed by atoms with Crippen LogP contribution in [0.15, 0.2) is 60.7 Å². The van der Waals surface area contributed by atoms with E-state index in [1.165, 1.54) is 0 Å². The van der Waals surface area contributed by atoms with Crippen molar-refractivity contribution in [2.24, 2.45) is 5.92 Å². The van der Waals surface area contributed by atoms with Gasteiger partial charge in [-0.15, -0.1) is 0 Å². The van der Waals surface area contributed by atoms with Gasteiger partial charge in [0.2, 0.25) is 5.91 Å². The van der Waals surface area contributed by atoms with Crippen LogP contribution in [0.1, 0.15) is 157 Å². The molecule has 3 saturated heterocycles. The van der Waals surface area contributed by atoms with Crippen LogP contribution in [0.25, 0.3) is 11.1 Å². The van der Waals surface area contributed by atoms with E-state index in [0.29, 0.717) is 83.7 Å². The van der Waals surface area contributed by atoms with Crippen molar-refractivity contribution in [3.63, 3.8) is 0 Å². The summed E-state index contributed by atoms with van der Waals surface area (Å²) in [5.74, 6) is 0.315. The number of carbonyl (C=O) groups is 2. The Kier molecular flexibility index (Phi) is 17.5. The highest BCUT2D eigenvalue weighted by Gasteiger charge is 2.60. The molecule has 1 N–H and O–H groups in total. The molecular formula is C62H93N5O7Si2.